The van der Waals surface area contributed by atoms with Crippen LogP contribution < -0.4 is 5.32 Å². The van der Waals surface area contributed by atoms with Crippen LogP contribution in [-0.2, 0) is 12.8 Å². The predicted octanol–water partition coefficient (Wildman–Crippen LogP) is 3.21. The molecule has 0 aromatic carbocycles. The van der Waals surface area contributed by atoms with Gasteiger partial charge >= 0.3 is 0 Å². The average molecular weight is 234 g/mol. The number of aryl methyl sites for hydroxylation is 1. The van der Waals surface area contributed by atoms with E-state index in [0.717, 1.165) is 12.8 Å². The van der Waals surface area contributed by atoms with Gasteiger partial charge in [0, 0.05) is 24.4 Å². The van der Waals surface area contributed by atoms with Gasteiger partial charge < -0.3 is 5.32 Å². The number of pyridine rings is 1. The lowest BCUT2D eigenvalue weighted by Crippen LogP contribution is -2.32. The van der Waals surface area contributed by atoms with Crippen LogP contribution in [0.4, 0.5) is 0 Å². The molecule has 0 amide bonds. The Hall–Kier alpha value is -0.890. The van der Waals surface area contributed by atoms with Crippen LogP contribution in [0.15, 0.2) is 18.3 Å². The summed E-state index contributed by atoms with van der Waals surface area (Å²) in [6.45, 7) is 9.01. The highest BCUT2D eigenvalue weighted by Gasteiger charge is 2.17. The van der Waals surface area contributed by atoms with Crippen molar-refractivity contribution in [3.63, 3.8) is 0 Å². The van der Waals surface area contributed by atoms with Gasteiger partial charge in [-0.25, -0.2) is 0 Å². The maximum atomic E-state index is 4.53. The van der Waals surface area contributed by atoms with Gasteiger partial charge in [-0.05, 0) is 36.9 Å². The summed E-state index contributed by atoms with van der Waals surface area (Å²) >= 11 is 0. The van der Waals surface area contributed by atoms with Crippen LogP contribution >= 0.6 is 0 Å². The largest absolute Gasteiger partial charge is 0.317 e. The third-order valence-electron chi connectivity index (χ3n) is 3.02. The van der Waals surface area contributed by atoms with Gasteiger partial charge in [0.25, 0.3) is 0 Å². The Morgan fingerprint density at radius 2 is 2.00 bits per heavy atom. The van der Waals surface area contributed by atoms with Crippen molar-refractivity contribution in [2.24, 2.45) is 5.41 Å². The minimum atomic E-state index is 0.358. The SMILES string of the molecule is CCc1ccc(CC(CC(C)(C)C)NC)nc1. The molecule has 0 spiro atoms. The molecule has 0 radical (unpaired) electrons. The molecule has 2 heteroatoms. The van der Waals surface area contributed by atoms with Crippen molar-refractivity contribution < 1.29 is 0 Å². The molecular weight excluding hydrogens is 208 g/mol. The molecule has 1 heterocycles. The average Bonchev–Trinajstić information content (AvgIpc) is 2.27. The molecule has 0 fully saturated rings. The molecule has 1 atom stereocenters. The van der Waals surface area contributed by atoms with E-state index in [2.05, 4.69) is 50.1 Å². The normalized spacial score (nSPS) is 13.7. The van der Waals surface area contributed by atoms with E-state index in [-0.39, 0.29) is 0 Å². The fourth-order valence-electron chi connectivity index (χ4n) is 2.05. The van der Waals surface area contributed by atoms with Crippen molar-refractivity contribution >= 4 is 0 Å². The molecule has 0 aliphatic rings. The smallest absolute Gasteiger partial charge is 0.0419 e. The molecule has 0 saturated heterocycles. The van der Waals surface area contributed by atoms with Crippen molar-refractivity contribution in [2.75, 3.05) is 7.05 Å². The summed E-state index contributed by atoms with van der Waals surface area (Å²) in [5.41, 5.74) is 2.85. The third-order valence-corrected chi connectivity index (χ3v) is 3.02. The van der Waals surface area contributed by atoms with Crippen molar-refractivity contribution in [1.29, 1.82) is 0 Å². The highest BCUT2D eigenvalue weighted by atomic mass is 14.9. The first-order valence-corrected chi connectivity index (χ1v) is 6.55. The molecular formula is C15H26N2. The van der Waals surface area contributed by atoms with E-state index in [9.17, 15) is 0 Å². The summed E-state index contributed by atoms with van der Waals surface area (Å²) in [5.74, 6) is 0. The van der Waals surface area contributed by atoms with E-state index in [1.807, 2.05) is 13.2 Å². The molecule has 1 rings (SSSR count). The molecule has 0 aliphatic heterocycles. The molecule has 1 aromatic rings. The highest BCUT2D eigenvalue weighted by molar-refractivity contribution is 5.14. The zero-order valence-corrected chi connectivity index (χ0v) is 11.9. The summed E-state index contributed by atoms with van der Waals surface area (Å²) in [4.78, 5) is 4.53. The lowest BCUT2D eigenvalue weighted by Gasteiger charge is -2.25. The van der Waals surface area contributed by atoms with Crippen molar-refractivity contribution in [2.45, 2.75) is 53.0 Å². The molecule has 0 bridgehead atoms. The lowest BCUT2D eigenvalue weighted by atomic mass is 9.86. The van der Waals surface area contributed by atoms with E-state index in [1.165, 1.54) is 17.7 Å². The molecule has 2 nitrogen and oxygen atoms in total. The molecule has 17 heavy (non-hydrogen) atoms. The van der Waals surface area contributed by atoms with Crippen LogP contribution in [0.1, 0.15) is 45.4 Å². The van der Waals surface area contributed by atoms with E-state index >= 15 is 0 Å². The zero-order valence-electron chi connectivity index (χ0n) is 11.9. The van der Waals surface area contributed by atoms with E-state index in [4.69, 9.17) is 0 Å². The van der Waals surface area contributed by atoms with Gasteiger partial charge in [-0.15, -0.1) is 0 Å². The Labute approximate surface area is 106 Å². The number of nitrogens with zero attached hydrogens (tertiary/aromatic N) is 1. The van der Waals surface area contributed by atoms with Gasteiger partial charge in [-0.1, -0.05) is 33.8 Å². The fourth-order valence-corrected chi connectivity index (χ4v) is 2.05. The highest BCUT2D eigenvalue weighted by Crippen LogP contribution is 2.22. The Balaban J connectivity index is 2.61. The molecule has 1 N–H and O–H groups in total. The van der Waals surface area contributed by atoms with Crippen LogP contribution in [-0.4, -0.2) is 18.1 Å². The number of rotatable bonds is 5. The van der Waals surface area contributed by atoms with Gasteiger partial charge in [0.15, 0.2) is 0 Å². The first kappa shape index (κ1) is 14.2. The second kappa shape index (κ2) is 6.15. The topological polar surface area (TPSA) is 24.9 Å². The maximum Gasteiger partial charge on any atom is 0.0419 e. The fraction of sp³-hybridized carbons (Fsp3) is 0.667. The monoisotopic (exact) mass is 234 g/mol. The van der Waals surface area contributed by atoms with Crippen molar-refractivity contribution in [1.82, 2.24) is 10.3 Å². The zero-order chi connectivity index (χ0) is 12.9. The predicted molar refractivity (Wildman–Crippen MR) is 74.2 cm³/mol. The Morgan fingerprint density at radius 1 is 1.29 bits per heavy atom. The van der Waals surface area contributed by atoms with Crippen LogP contribution in [0.5, 0.6) is 0 Å². The molecule has 96 valence electrons. The van der Waals surface area contributed by atoms with E-state index in [0.29, 0.717) is 11.5 Å². The number of hydrogen-bond donors (Lipinski definition) is 1. The Bertz CT molecular complexity index is 322. The Morgan fingerprint density at radius 3 is 2.41 bits per heavy atom. The van der Waals surface area contributed by atoms with Crippen LogP contribution in [0.2, 0.25) is 0 Å². The van der Waals surface area contributed by atoms with Crippen LogP contribution in [0, 0.1) is 5.41 Å². The van der Waals surface area contributed by atoms with Gasteiger partial charge in [0.05, 0.1) is 0 Å². The van der Waals surface area contributed by atoms with E-state index in [1.54, 1.807) is 0 Å². The summed E-state index contributed by atoms with van der Waals surface area (Å²) in [6, 6.07) is 4.85. The quantitative estimate of drug-likeness (QED) is 0.846. The standard InChI is InChI=1S/C15H26N2/c1-6-12-7-8-13(17-11-12)9-14(16-5)10-15(2,3)4/h7-8,11,14,16H,6,9-10H2,1-5H3. The van der Waals surface area contributed by atoms with Gasteiger partial charge in [0.1, 0.15) is 0 Å². The summed E-state index contributed by atoms with van der Waals surface area (Å²) in [5, 5.41) is 3.40. The van der Waals surface area contributed by atoms with Gasteiger partial charge in [0.2, 0.25) is 0 Å². The number of likely N-dealkylation sites (N-methyl/N-ethyl adjacent to an activating group) is 1. The third kappa shape index (κ3) is 5.31. The minimum Gasteiger partial charge on any atom is -0.317 e. The first-order valence-electron chi connectivity index (χ1n) is 6.55. The summed E-state index contributed by atoms with van der Waals surface area (Å²) in [7, 11) is 2.04. The molecule has 0 aliphatic carbocycles. The number of hydrogen-bond acceptors (Lipinski definition) is 2. The minimum absolute atomic E-state index is 0.358. The second-order valence-corrected chi connectivity index (χ2v) is 5.97. The molecule has 0 saturated carbocycles. The molecule has 1 aromatic heterocycles. The van der Waals surface area contributed by atoms with Crippen molar-refractivity contribution in [3.8, 4) is 0 Å². The lowest BCUT2D eigenvalue weighted by molar-refractivity contribution is 0.315. The molecule has 1 unspecified atom stereocenters. The van der Waals surface area contributed by atoms with E-state index < -0.39 is 0 Å². The number of nitrogens with one attached hydrogen (secondary N) is 1. The van der Waals surface area contributed by atoms with Crippen molar-refractivity contribution in [3.05, 3.63) is 29.6 Å². The Kier molecular flexibility index (Phi) is 5.13. The van der Waals surface area contributed by atoms with Crippen LogP contribution in [0.3, 0.4) is 0 Å². The summed E-state index contributed by atoms with van der Waals surface area (Å²) < 4.78 is 0. The first-order chi connectivity index (χ1) is 7.94. The van der Waals surface area contributed by atoms with Crippen LogP contribution in [0.25, 0.3) is 0 Å². The summed E-state index contributed by atoms with van der Waals surface area (Å²) in [6.07, 6.45) is 5.24. The maximum absolute atomic E-state index is 4.53. The van der Waals surface area contributed by atoms with Gasteiger partial charge in [-0.3, -0.25) is 4.98 Å². The second-order valence-electron chi connectivity index (χ2n) is 5.97. The van der Waals surface area contributed by atoms with Gasteiger partial charge in [-0.2, -0.15) is 0 Å². The number of aromatic nitrogens is 1.